The minimum absolute atomic E-state index is 0.194. The molecule has 34 heavy (non-hydrogen) atoms. The summed E-state index contributed by atoms with van der Waals surface area (Å²) in [6.45, 7) is 1.70. The number of rotatable bonds is 8. The van der Waals surface area contributed by atoms with Gasteiger partial charge in [0.2, 0.25) is 0 Å². The van der Waals surface area contributed by atoms with Crippen LogP contribution >= 0.6 is 0 Å². The summed E-state index contributed by atoms with van der Waals surface area (Å²) in [5, 5.41) is 0. The molecule has 178 valence electrons. The van der Waals surface area contributed by atoms with Crippen molar-refractivity contribution in [2.45, 2.75) is 38.5 Å². The summed E-state index contributed by atoms with van der Waals surface area (Å²) in [6, 6.07) is 18.6. The predicted molar refractivity (Wildman–Crippen MR) is 118 cm³/mol. The van der Waals surface area contributed by atoms with E-state index in [0.29, 0.717) is 12.0 Å². The number of hydrogen-bond acceptors (Lipinski definition) is 4. The maximum atomic E-state index is 14.5. The van der Waals surface area contributed by atoms with Gasteiger partial charge >= 0.3 is 18.1 Å². The van der Waals surface area contributed by atoms with Crippen molar-refractivity contribution < 1.29 is 36.6 Å². The molecule has 0 bridgehead atoms. The van der Waals surface area contributed by atoms with E-state index in [1.165, 1.54) is 0 Å². The van der Waals surface area contributed by atoms with Crippen LogP contribution in [0.5, 0.6) is 5.75 Å². The fraction of sp³-hybridized carbons (Fsp3) is 0.231. The van der Waals surface area contributed by atoms with Crippen molar-refractivity contribution in [1.82, 2.24) is 0 Å². The molecule has 8 heteroatoms. The van der Waals surface area contributed by atoms with E-state index in [1.54, 1.807) is 31.2 Å². The zero-order valence-corrected chi connectivity index (χ0v) is 18.3. The maximum Gasteiger partial charge on any atom is 0.425 e. The van der Waals surface area contributed by atoms with Gasteiger partial charge in [0.25, 0.3) is 0 Å². The van der Waals surface area contributed by atoms with E-state index < -0.39 is 42.0 Å². The van der Waals surface area contributed by atoms with Gasteiger partial charge in [-0.25, -0.2) is 14.0 Å². The zero-order valence-electron chi connectivity index (χ0n) is 18.3. The minimum atomic E-state index is -4.76. The molecule has 3 rings (SSSR count). The molecule has 4 nitrogen and oxygen atoms in total. The van der Waals surface area contributed by atoms with Crippen molar-refractivity contribution in [3.63, 3.8) is 0 Å². The third kappa shape index (κ3) is 6.21. The number of carbonyl (C=O) groups excluding carboxylic acids is 2. The quantitative estimate of drug-likeness (QED) is 0.201. The number of unbranched alkanes of at least 4 members (excludes halogenated alkanes) is 1. The van der Waals surface area contributed by atoms with E-state index in [4.69, 9.17) is 4.74 Å². The normalized spacial score (nSPS) is 12.1. The highest BCUT2D eigenvalue weighted by atomic mass is 19.4. The first-order valence-electron chi connectivity index (χ1n) is 10.6. The standard InChI is InChI=1S/C26H22F4O4/c1-2-3-13-23(26(28,29)30)34-25(32)21-15-14-18(16-22(21)27)33-24(31)20-12-8-7-11-19(20)17-9-5-4-6-10-17/h4-12,14-16,23H,2-3,13H2,1H3. The molecule has 0 spiro atoms. The molecule has 0 aliphatic heterocycles. The van der Waals surface area contributed by atoms with Crippen molar-refractivity contribution in [1.29, 1.82) is 0 Å². The second-order valence-electron chi connectivity index (χ2n) is 7.52. The first-order valence-corrected chi connectivity index (χ1v) is 10.6. The number of alkyl halides is 3. The van der Waals surface area contributed by atoms with Crippen LogP contribution in [0.4, 0.5) is 17.6 Å². The van der Waals surface area contributed by atoms with Crippen LogP contribution in [0.25, 0.3) is 11.1 Å². The summed E-state index contributed by atoms with van der Waals surface area (Å²) < 4.78 is 63.7. The molecule has 0 saturated carbocycles. The number of ether oxygens (including phenoxy) is 2. The topological polar surface area (TPSA) is 52.6 Å². The zero-order chi connectivity index (χ0) is 24.7. The molecular formula is C26H22F4O4. The van der Waals surface area contributed by atoms with Crippen LogP contribution < -0.4 is 4.74 Å². The van der Waals surface area contributed by atoms with Crippen molar-refractivity contribution in [3.05, 3.63) is 89.7 Å². The number of carbonyl (C=O) groups is 2. The predicted octanol–water partition coefficient (Wildman–Crippen LogP) is 6.99. The van der Waals surface area contributed by atoms with Crippen LogP contribution in [-0.2, 0) is 4.74 Å². The fourth-order valence-corrected chi connectivity index (χ4v) is 3.29. The van der Waals surface area contributed by atoms with Crippen LogP contribution in [0.1, 0.15) is 46.9 Å². The Balaban J connectivity index is 1.76. The lowest BCUT2D eigenvalue weighted by Gasteiger charge is -2.20. The number of benzene rings is 3. The lowest BCUT2D eigenvalue weighted by Crippen LogP contribution is -2.34. The van der Waals surface area contributed by atoms with Crippen molar-refractivity contribution in [2.75, 3.05) is 0 Å². The van der Waals surface area contributed by atoms with Crippen LogP contribution in [0.2, 0.25) is 0 Å². The van der Waals surface area contributed by atoms with E-state index in [2.05, 4.69) is 4.74 Å². The molecule has 0 aliphatic carbocycles. The lowest BCUT2D eigenvalue weighted by molar-refractivity contribution is -0.206. The highest BCUT2D eigenvalue weighted by molar-refractivity contribution is 5.98. The van der Waals surface area contributed by atoms with Gasteiger partial charge in [-0.3, -0.25) is 0 Å². The molecule has 0 aromatic heterocycles. The third-order valence-corrected chi connectivity index (χ3v) is 5.04. The van der Waals surface area contributed by atoms with Gasteiger partial charge in [0.1, 0.15) is 11.6 Å². The highest BCUT2D eigenvalue weighted by Gasteiger charge is 2.42. The molecule has 1 unspecified atom stereocenters. The monoisotopic (exact) mass is 474 g/mol. The van der Waals surface area contributed by atoms with Gasteiger partial charge in [-0.2, -0.15) is 13.2 Å². The minimum Gasteiger partial charge on any atom is -0.449 e. The van der Waals surface area contributed by atoms with Crippen LogP contribution in [0.15, 0.2) is 72.8 Å². The summed E-state index contributed by atoms with van der Waals surface area (Å²) in [4.78, 5) is 24.9. The summed E-state index contributed by atoms with van der Waals surface area (Å²) in [5.41, 5.74) is 0.942. The van der Waals surface area contributed by atoms with Gasteiger partial charge in [0, 0.05) is 6.07 Å². The Morgan fingerprint density at radius 3 is 2.21 bits per heavy atom. The number of halogens is 4. The van der Waals surface area contributed by atoms with Crippen molar-refractivity contribution in [3.8, 4) is 16.9 Å². The molecule has 0 aliphatic rings. The largest absolute Gasteiger partial charge is 0.449 e. The SMILES string of the molecule is CCCCC(OC(=O)c1ccc(OC(=O)c2ccccc2-c2ccccc2)cc1F)C(F)(F)F. The Morgan fingerprint density at radius 2 is 1.56 bits per heavy atom. The van der Waals surface area contributed by atoms with Gasteiger partial charge in [0.05, 0.1) is 11.1 Å². The molecule has 0 fully saturated rings. The van der Waals surface area contributed by atoms with Gasteiger partial charge in [-0.05, 0) is 42.2 Å². The molecule has 0 amide bonds. The lowest BCUT2D eigenvalue weighted by atomic mass is 10.00. The molecule has 1 atom stereocenters. The van der Waals surface area contributed by atoms with Crippen LogP contribution in [0.3, 0.4) is 0 Å². The number of hydrogen-bond donors (Lipinski definition) is 0. The molecule has 3 aromatic carbocycles. The maximum absolute atomic E-state index is 14.5. The summed E-state index contributed by atoms with van der Waals surface area (Å²) in [6.07, 6.45) is -6.83. The van der Waals surface area contributed by atoms with Gasteiger partial charge in [0.15, 0.2) is 6.10 Å². The first kappa shape index (κ1) is 25.0. The Bertz CT molecular complexity index is 1140. The van der Waals surface area contributed by atoms with Crippen molar-refractivity contribution >= 4 is 11.9 Å². The molecule has 0 N–H and O–H groups in total. The average molecular weight is 474 g/mol. The van der Waals surface area contributed by atoms with Crippen LogP contribution in [-0.4, -0.2) is 24.2 Å². The second kappa shape index (κ2) is 11.0. The fourth-order valence-electron chi connectivity index (χ4n) is 3.29. The van der Waals surface area contributed by atoms with Gasteiger partial charge in [-0.15, -0.1) is 0 Å². The Hall–Kier alpha value is -3.68. The Labute approximate surface area is 194 Å². The smallest absolute Gasteiger partial charge is 0.425 e. The molecule has 3 aromatic rings. The van der Waals surface area contributed by atoms with Crippen LogP contribution in [0, 0.1) is 5.82 Å². The molecular weight excluding hydrogens is 452 g/mol. The summed E-state index contributed by atoms with van der Waals surface area (Å²) in [5.74, 6) is -3.57. The van der Waals surface area contributed by atoms with E-state index in [9.17, 15) is 27.2 Å². The second-order valence-corrected chi connectivity index (χ2v) is 7.52. The first-order chi connectivity index (χ1) is 16.2. The molecule has 0 heterocycles. The Kier molecular flexibility index (Phi) is 8.04. The average Bonchev–Trinajstić information content (AvgIpc) is 2.81. The summed E-state index contributed by atoms with van der Waals surface area (Å²) in [7, 11) is 0. The van der Waals surface area contributed by atoms with E-state index >= 15 is 0 Å². The van der Waals surface area contributed by atoms with E-state index in [0.717, 1.165) is 23.8 Å². The van der Waals surface area contributed by atoms with E-state index in [-0.39, 0.29) is 17.7 Å². The Morgan fingerprint density at radius 1 is 0.882 bits per heavy atom. The number of esters is 2. The highest BCUT2D eigenvalue weighted by Crippen LogP contribution is 2.29. The molecule has 0 radical (unpaired) electrons. The van der Waals surface area contributed by atoms with Crippen molar-refractivity contribution in [2.24, 2.45) is 0 Å². The third-order valence-electron chi connectivity index (χ3n) is 5.04. The van der Waals surface area contributed by atoms with Gasteiger partial charge in [-0.1, -0.05) is 61.9 Å². The summed E-state index contributed by atoms with van der Waals surface area (Å²) >= 11 is 0. The molecule has 0 saturated heterocycles. The van der Waals surface area contributed by atoms with Gasteiger partial charge < -0.3 is 9.47 Å². The van der Waals surface area contributed by atoms with E-state index in [1.807, 2.05) is 30.3 Å².